The van der Waals surface area contributed by atoms with Gasteiger partial charge in [0.05, 0.1) is 0 Å². The molecule has 16 heteroatoms. The van der Waals surface area contributed by atoms with E-state index in [0.29, 0.717) is 18.6 Å². The zero-order valence-electron chi connectivity index (χ0n) is 20.2. The SMILES string of the molecule is CC(C)(C)OC(=O)NCCCON=C(C(=O)NC1C(=O)N2C(C(=O)O)=CCS[C@H]12)c1csc(NC=O)n1. The van der Waals surface area contributed by atoms with Gasteiger partial charge in [-0.05, 0) is 26.8 Å². The molecule has 0 saturated carbocycles. The standard InChI is InChI=1S/C21H26N6O8S2/c1-21(2,3)35-20(33)22-6-4-7-34-26-13(11-9-37-19(24-11)23-10-28)15(29)25-14-16(30)27-12(18(31)32)5-8-36-17(14)27/h5,9-10,14,17H,4,6-8H2,1-3H3,(H,22,33)(H,25,29)(H,31,32)(H,23,24,28)/t14?,17-/m1/s1. The van der Waals surface area contributed by atoms with Crippen LogP contribution in [0, 0.1) is 0 Å². The molecule has 3 heterocycles. The lowest BCUT2D eigenvalue weighted by Gasteiger charge is -2.48. The summed E-state index contributed by atoms with van der Waals surface area (Å²) >= 11 is 2.36. The summed E-state index contributed by atoms with van der Waals surface area (Å²) in [4.78, 5) is 70.0. The molecule has 1 saturated heterocycles. The number of fused-ring (bicyclic) bond motifs is 1. The van der Waals surface area contributed by atoms with Crippen molar-refractivity contribution in [3.05, 3.63) is 22.8 Å². The number of carbonyl (C=O) groups excluding carboxylic acids is 4. The average Bonchev–Trinajstić information content (AvgIpc) is 3.28. The quantitative estimate of drug-likeness (QED) is 0.0997. The van der Waals surface area contributed by atoms with Crippen LogP contribution in [0.2, 0.25) is 0 Å². The molecule has 3 rings (SSSR count). The lowest BCUT2D eigenvalue weighted by Crippen LogP contribution is -2.70. The summed E-state index contributed by atoms with van der Waals surface area (Å²) in [5, 5.41) is 21.8. The largest absolute Gasteiger partial charge is 0.477 e. The van der Waals surface area contributed by atoms with Crippen molar-refractivity contribution >= 4 is 64.2 Å². The Labute approximate surface area is 219 Å². The minimum absolute atomic E-state index is 0.0392. The predicted molar refractivity (Wildman–Crippen MR) is 134 cm³/mol. The Morgan fingerprint density at radius 1 is 1.35 bits per heavy atom. The van der Waals surface area contributed by atoms with Crippen LogP contribution in [0.5, 0.6) is 0 Å². The second kappa shape index (κ2) is 12.1. The number of thioether (sulfide) groups is 1. The third kappa shape index (κ3) is 7.19. The molecule has 37 heavy (non-hydrogen) atoms. The Morgan fingerprint density at radius 2 is 2.11 bits per heavy atom. The van der Waals surface area contributed by atoms with Crippen LogP contribution in [-0.2, 0) is 28.8 Å². The topological polar surface area (TPSA) is 189 Å². The van der Waals surface area contributed by atoms with Gasteiger partial charge < -0.3 is 30.6 Å². The molecule has 14 nitrogen and oxygen atoms in total. The molecule has 1 aromatic rings. The number of nitrogens with one attached hydrogen (secondary N) is 3. The number of amides is 4. The van der Waals surface area contributed by atoms with Crippen LogP contribution in [0.15, 0.2) is 22.3 Å². The molecule has 1 aromatic heterocycles. The van der Waals surface area contributed by atoms with Crippen LogP contribution in [0.4, 0.5) is 9.93 Å². The van der Waals surface area contributed by atoms with Crippen LogP contribution < -0.4 is 16.0 Å². The Hall–Kier alpha value is -3.66. The van der Waals surface area contributed by atoms with Crippen LogP contribution >= 0.6 is 23.1 Å². The molecule has 0 aliphatic carbocycles. The average molecular weight is 555 g/mol. The fourth-order valence-electron chi connectivity index (χ4n) is 3.20. The highest BCUT2D eigenvalue weighted by Crippen LogP contribution is 2.37. The number of thiazole rings is 1. The van der Waals surface area contributed by atoms with Crippen molar-refractivity contribution in [2.45, 2.75) is 44.2 Å². The van der Waals surface area contributed by atoms with Crippen molar-refractivity contribution in [1.29, 1.82) is 0 Å². The van der Waals surface area contributed by atoms with Gasteiger partial charge in [-0.3, -0.25) is 19.3 Å². The fraction of sp³-hybridized carbons (Fsp3) is 0.476. The van der Waals surface area contributed by atoms with E-state index >= 15 is 0 Å². The number of oxime groups is 1. The van der Waals surface area contributed by atoms with Gasteiger partial charge in [0.2, 0.25) is 6.41 Å². The first-order valence-corrected chi connectivity index (χ1v) is 13.0. The first-order chi connectivity index (χ1) is 17.5. The maximum absolute atomic E-state index is 13.1. The monoisotopic (exact) mass is 554 g/mol. The van der Waals surface area contributed by atoms with Crippen molar-refractivity contribution in [3.63, 3.8) is 0 Å². The minimum atomic E-state index is -1.22. The van der Waals surface area contributed by atoms with E-state index in [1.54, 1.807) is 20.8 Å². The Balaban J connectivity index is 1.62. The number of rotatable bonds is 11. The van der Waals surface area contributed by atoms with Gasteiger partial charge in [0, 0.05) is 24.1 Å². The van der Waals surface area contributed by atoms with Crippen molar-refractivity contribution < 1.29 is 38.7 Å². The number of carboxylic acids is 1. The van der Waals surface area contributed by atoms with Gasteiger partial charge in [-0.1, -0.05) is 5.16 Å². The van der Waals surface area contributed by atoms with E-state index in [-0.39, 0.29) is 35.4 Å². The van der Waals surface area contributed by atoms with Crippen molar-refractivity contribution in [3.8, 4) is 0 Å². The number of ether oxygens (including phenoxy) is 1. The van der Waals surface area contributed by atoms with E-state index < -0.39 is 40.9 Å². The van der Waals surface area contributed by atoms with Crippen molar-refractivity contribution in [1.82, 2.24) is 20.5 Å². The maximum Gasteiger partial charge on any atom is 0.407 e. The van der Waals surface area contributed by atoms with Crippen LogP contribution in [-0.4, -0.2) is 86.9 Å². The Morgan fingerprint density at radius 3 is 2.78 bits per heavy atom. The number of hydrogen-bond donors (Lipinski definition) is 4. The van der Waals surface area contributed by atoms with Gasteiger partial charge in [-0.25, -0.2) is 14.6 Å². The van der Waals surface area contributed by atoms with E-state index in [1.165, 1.54) is 23.2 Å². The first kappa shape index (κ1) is 27.9. The number of aliphatic carboxylic acids is 1. The summed E-state index contributed by atoms with van der Waals surface area (Å²) < 4.78 is 5.14. The first-order valence-electron chi connectivity index (χ1n) is 11.0. The van der Waals surface area contributed by atoms with Crippen LogP contribution in [0.3, 0.4) is 0 Å². The Kier molecular flexibility index (Phi) is 9.09. The highest BCUT2D eigenvalue weighted by molar-refractivity contribution is 8.00. The summed E-state index contributed by atoms with van der Waals surface area (Å²) in [6.45, 7) is 5.51. The number of alkyl carbamates (subject to hydrolysis) is 1. The van der Waals surface area contributed by atoms with Gasteiger partial charge in [0.25, 0.3) is 11.8 Å². The fourth-order valence-corrected chi connectivity index (χ4v) is 5.05. The molecule has 0 bridgehead atoms. The molecule has 0 aromatic carbocycles. The van der Waals surface area contributed by atoms with Gasteiger partial charge in [-0.2, -0.15) is 0 Å². The Bertz CT molecular complexity index is 1130. The number of nitrogens with zero attached hydrogens (tertiary/aromatic N) is 3. The molecule has 200 valence electrons. The summed E-state index contributed by atoms with van der Waals surface area (Å²) in [7, 11) is 0. The molecule has 1 unspecified atom stereocenters. The van der Waals surface area contributed by atoms with Crippen LogP contribution in [0.25, 0.3) is 0 Å². The van der Waals surface area contributed by atoms with Gasteiger partial charge >= 0.3 is 12.1 Å². The smallest absolute Gasteiger partial charge is 0.407 e. The summed E-state index contributed by atoms with van der Waals surface area (Å²) in [5.74, 6) is -2.18. The molecule has 4 N–H and O–H groups in total. The van der Waals surface area contributed by atoms with Gasteiger partial charge in [-0.15, -0.1) is 23.1 Å². The summed E-state index contributed by atoms with van der Waals surface area (Å²) in [6.07, 6.45) is 1.65. The van der Waals surface area contributed by atoms with E-state index in [9.17, 15) is 29.1 Å². The molecule has 4 amide bonds. The zero-order valence-corrected chi connectivity index (χ0v) is 21.8. The molecule has 0 spiro atoms. The maximum atomic E-state index is 13.1. The van der Waals surface area contributed by atoms with Gasteiger partial charge in [0.15, 0.2) is 10.8 Å². The third-order valence-electron chi connectivity index (χ3n) is 4.73. The van der Waals surface area contributed by atoms with E-state index in [4.69, 9.17) is 9.57 Å². The lowest BCUT2D eigenvalue weighted by molar-refractivity contribution is -0.150. The van der Waals surface area contributed by atoms with E-state index in [2.05, 4.69) is 26.1 Å². The number of anilines is 1. The molecular formula is C21H26N6O8S2. The molecule has 1 fully saturated rings. The number of β-lactam (4-membered cyclic amide) rings is 1. The molecule has 0 radical (unpaired) electrons. The summed E-state index contributed by atoms with van der Waals surface area (Å²) in [6, 6.07) is -0.963. The molecular weight excluding hydrogens is 528 g/mol. The second-order valence-corrected chi connectivity index (χ2v) is 10.6. The summed E-state index contributed by atoms with van der Waals surface area (Å²) in [5.41, 5.74) is -0.889. The predicted octanol–water partition coefficient (Wildman–Crippen LogP) is 0.715. The number of carbonyl (C=O) groups is 5. The molecule has 2 aliphatic rings. The number of hydrogen-bond acceptors (Lipinski definition) is 11. The second-order valence-electron chi connectivity index (χ2n) is 8.63. The molecule has 2 atom stereocenters. The van der Waals surface area contributed by atoms with Gasteiger partial charge in [0.1, 0.15) is 35.0 Å². The molecule has 2 aliphatic heterocycles. The minimum Gasteiger partial charge on any atom is -0.477 e. The number of carboxylic acid groups (broad SMARTS) is 1. The highest BCUT2D eigenvalue weighted by atomic mass is 32.2. The van der Waals surface area contributed by atoms with E-state index in [0.717, 1.165) is 16.2 Å². The lowest BCUT2D eigenvalue weighted by atomic mass is 10.0. The third-order valence-corrected chi connectivity index (χ3v) is 6.69. The van der Waals surface area contributed by atoms with Crippen LogP contribution in [0.1, 0.15) is 32.9 Å². The zero-order chi connectivity index (χ0) is 27.2. The van der Waals surface area contributed by atoms with Crippen molar-refractivity contribution in [2.75, 3.05) is 24.2 Å². The van der Waals surface area contributed by atoms with Crippen molar-refractivity contribution in [2.24, 2.45) is 5.16 Å². The number of aromatic nitrogens is 1. The highest BCUT2D eigenvalue weighted by Gasteiger charge is 2.53. The normalized spacial score (nSPS) is 19.1. The van der Waals surface area contributed by atoms with E-state index in [1.807, 2.05) is 0 Å².